The molecule has 0 unspecified atom stereocenters. The topological polar surface area (TPSA) is 36.4 Å². The van der Waals surface area contributed by atoms with Gasteiger partial charge in [0.2, 0.25) is 0 Å². The SMILES string of the molecule is OC1(Cc2ccccn2)CCN(Cc2c(F)cccc2F)CC1. The molecule has 0 amide bonds. The van der Waals surface area contributed by atoms with Crippen LogP contribution in [0.5, 0.6) is 0 Å². The number of aliphatic hydroxyl groups is 1. The highest BCUT2D eigenvalue weighted by Gasteiger charge is 2.33. The van der Waals surface area contributed by atoms with Crippen LogP contribution in [0.25, 0.3) is 0 Å². The third kappa shape index (κ3) is 3.92. The van der Waals surface area contributed by atoms with Crippen molar-refractivity contribution in [2.75, 3.05) is 13.1 Å². The van der Waals surface area contributed by atoms with E-state index in [0.29, 0.717) is 32.4 Å². The van der Waals surface area contributed by atoms with Crippen molar-refractivity contribution in [3.63, 3.8) is 0 Å². The minimum absolute atomic E-state index is 0.0997. The molecule has 1 aliphatic rings. The van der Waals surface area contributed by atoms with E-state index in [1.807, 2.05) is 23.1 Å². The van der Waals surface area contributed by atoms with Crippen LogP contribution in [0.4, 0.5) is 8.78 Å². The molecule has 2 aromatic rings. The number of pyridine rings is 1. The Hall–Kier alpha value is -1.85. The Balaban J connectivity index is 1.60. The summed E-state index contributed by atoms with van der Waals surface area (Å²) in [7, 11) is 0. The molecule has 0 atom stereocenters. The van der Waals surface area contributed by atoms with Crippen molar-refractivity contribution in [2.24, 2.45) is 0 Å². The van der Waals surface area contributed by atoms with Crippen LogP contribution in [0.15, 0.2) is 42.6 Å². The van der Waals surface area contributed by atoms with E-state index in [-0.39, 0.29) is 12.1 Å². The maximum absolute atomic E-state index is 13.7. The summed E-state index contributed by atoms with van der Waals surface area (Å²) in [6, 6.07) is 9.58. The van der Waals surface area contributed by atoms with Crippen molar-refractivity contribution in [3.8, 4) is 0 Å². The van der Waals surface area contributed by atoms with Gasteiger partial charge in [0.15, 0.2) is 0 Å². The van der Waals surface area contributed by atoms with Gasteiger partial charge in [-0.1, -0.05) is 12.1 Å². The maximum Gasteiger partial charge on any atom is 0.130 e. The van der Waals surface area contributed by atoms with Crippen molar-refractivity contribution in [1.82, 2.24) is 9.88 Å². The van der Waals surface area contributed by atoms with Crippen LogP contribution in [0, 0.1) is 11.6 Å². The molecular weight excluding hydrogens is 298 g/mol. The second kappa shape index (κ2) is 6.72. The molecule has 2 heterocycles. The predicted octanol–water partition coefficient (Wildman–Crippen LogP) is 2.93. The first-order valence-electron chi connectivity index (χ1n) is 7.83. The van der Waals surface area contributed by atoms with E-state index in [1.54, 1.807) is 6.20 Å². The lowest BCUT2D eigenvalue weighted by atomic mass is 9.86. The minimum atomic E-state index is -0.793. The lowest BCUT2D eigenvalue weighted by molar-refractivity contribution is -0.0234. The summed E-state index contributed by atoms with van der Waals surface area (Å²) in [4.78, 5) is 6.24. The largest absolute Gasteiger partial charge is 0.389 e. The lowest BCUT2D eigenvalue weighted by Crippen LogP contribution is -2.45. The average Bonchev–Trinajstić information content (AvgIpc) is 2.54. The molecular formula is C18H20F2N2O. The van der Waals surface area contributed by atoms with E-state index in [1.165, 1.54) is 18.2 Å². The summed E-state index contributed by atoms with van der Waals surface area (Å²) >= 11 is 0. The normalized spacial score (nSPS) is 18.0. The van der Waals surface area contributed by atoms with Gasteiger partial charge in [-0.2, -0.15) is 0 Å². The quantitative estimate of drug-likeness (QED) is 0.941. The first-order valence-corrected chi connectivity index (χ1v) is 7.83. The minimum Gasteiger partial charge on any atom is -0.389 e. The highest BCUT2D eigenvalue weighted by molar-refractivity contribution is 5.19. The fourth-order valence-electron chi connectivity index (χ4n) is 3.05. The molecule has 122 valence electrons. The zero-order chi connectivity index (χ0) is 16.3. The Morgan fingerprint density at radius 1 is 1.04 bits per heavy atom. The number of piperidine rings is 1. The zero-order valence-corrected chi connectivity index (χ0v) is 12.9. The molecule has 1 saturated heterocycles. The molecule has 3 rings (SSSR count). The van der Waals surface area contributed by atoms with Crippen LogP contribution >= 0.6 is 0 Å². The van der Waals surface area contributed by atoms with Crippen molar-refractivity contribution >= 4 is 0 Å². The molecule has 0 radical (unpaired) electrons. The molecule has 1 fully saturated rings. The van der Waals surface area contributed by atoms with Gasteiger partial charge in [0.05, 0.1) is 5.60 Å². The van der Waals surface area contributed by atoms with E-state index in [0.717, 1.165) is 5.69 Å². The molecule has 5 heteroatoms. The molecule has 1 N–H and O–H groups in total. The third-order valence-corrected chi connectivity index (χ3v) is 4.47. The summed E-state index contributed by atoms with van der Waals surface area (Å²) in [5.74, 6) is -1.03. The van der Waals surface area contributed by atoms with E-state index < -0.39 is 17.2 Å². The average molecular weight is 318 g/mol. The summed E-state index contributed by atoms with van der Waals surface area (Å²) in [5, 5.41) is 10.7. The fourth-order valence-corrected chi connectivity index (χ4v) is 3.05. The van der Waals surface area contributed by atoms with Crippen molar-refractivity contribution in [1.29, 1.82) is 0 Å². The number of benzene rings is 1. The van der Waals surface area contributed by atoms with Crippen molar-refractivity contribution in [2.45, 2.75) is 31.4 Å². The molecule has 1 aromatic carbocycles. The van der Waals surface area contributed by atoms with Crippen LogP contribution in [-0.2, 0) is 13.0 Å². The summed E-state index contributed by atoms with van der Waals surface area (Å²) in [6.07, 6.45) is 3.36. The molecule has 1 aliphatic heterocycles. The Morgan fingerprint density at radius 2 is 1.74 bits per heavy atom. The summed E-state index contributed by atoms with van der Waals surface area (Å²) in [6.45, 7) is 1.45. The first-order chi connectivity index (χ1) is 11.1. The Morgan fingerprint density at radius 3 is 2.35 bits per heavy atom. The third-order valence-electron chi connectivity index (χ3n) is 4.47. The van der Waals surface area contributed by atoms with Crippen molar-refractivity contribution in [3.05, 3.63) is 65.5 Å². The van der Waals surface area contributed by atoms with Crippen molar-refractivity contribution < 1.29 is 13.9 Å². The van der Waals surface area contributed by atoms with Gasteiger partial charge < -0.3 is 5.11 Å². The maximum atomic E-state index is 13.7. The van der Waals surface area contributed by atoms with Gasteiger partial charge in [-0.3, -0.25) is 9.88 Å². The number of hydrogen-bond acceptors (Lipinski definition) is 3. The molecule has 0 bridgehead atoms. The van der Waals surface area contributed by atoms with Gasteiger partial charge >= 0.3 is 0 Å². The first kappa shape index (κ1) is 16.0. The summed E-state index contributed by atoms with van der Waals surface area (Å²) in [5.41, 5.74) is 0.171. The molecule has 3 nitrogen and oxygen atoms in total. The smallest absolute Gasteiger partial charge is 0.130 e. The number of aromatic nitrogens is 1. The van der Waals surface area contributed by atoms with Gasteiger partial charge in [0, 0.05) is 43.5 Å². The summed E-state index contributed by atoms with van der Waals surface area (Å²) < 4.78 is 27.4. The zero-order valence-electron chi connectivity index (χ0n) is 12.9. The highest BCUT2D eigenvalue weighted by atomic mass is 19.1. The number of nitrogens with zero attached hydrogens (tertiary/aromatic N) is 2. The van der Waals surface area contributed by atoms with Crippen LogP contribution in [-0.4, -0.2) is 33.7 Å². The van der Waals surface area contributed by atoms with Gasteiger partial charge in [-0.15, -0.1) is 0 Å². The Bertz CT molecular complexity index is 635. The standard InChI is InChI=1S/C18H20F2N2O/c19-16-5-3-6-17(20)15(16)13-22-10-7-18(23,8-11-22)12-14-4-1-2-9-21-14/h1-6,9,23H,7-8,10-13H2. The van der Waals surface area contributed by atoms with Gasteiger partial charge in [0.1, 0.15) is 11.6 Å². The second-order valence-electron chi connectivity index (χ2n) is 6.20. The van der Waals surface area contributed by atoms with E-state index >= 15 is 0 Å². The molecule has 1 aromatic heterocycles. The highest BCUT2D eigenvalue weighted by Crippen LogP contribution is 2.27. The molecule has 23 heavy (non-hydrogen) atoms. The number of rotatable bonds is 4. The van der Waals surface area contributed by atoms with Crippen LogP contribution in [0.3, 0.4) is 0 Å². The predicted molar refractivity (Wildman–Crippen MR) is 83.8 cm³/mol. The van der Waals surface area contributed by atoms with Crippen LogP contribution in [0.1, 0.15) is 24.1 Å². The van der Waals surface area contributed by atoms with Crippen LogP contribution < -0.4 is 0 Å². The lowest BCUT2D eigenvalue weighted by Gasteiger charge is -2.38. The fraction of sp³-hybridized carbons (Fsp3) is 0.389. The molecule has 0 spiro atoms. The monoisotopic (exact) mass is 318 g/mol. The number of likely N-dealkylation sites (tertiary alicyclic amines) is 1. The van der Waals surface area contributed by atoms with Gasteiger partial charge in [-0.25, -0.2) is 8.78 Å². The van der Waals surface area contributed by atoms with Crippen LogP contribution in [0.2, 0.25) is 0 Å². The van der Waals surface area contributed by atoms with E-state index in [2.05, 4.69) is 4.98 Å². The number of hydrogen-bond donors (Lipinski definition) is 1. The number of halogens is 2. The molecule has 0 saturated carbocycles. The van der Waals surface area contributed by atoms with E-state index in [9.17, 15) is 13.9 Å². The van der Waals surface area contributed by atoms with Gasteiger partial charge in [-0.05, 0) is 37.1 Å². The molecule has 0 aliphatic carbocycles. The van der Waals surface area contributed by atoms with Gasteiger partial charge in [0.25, 0.3) is 0 Å². The second-order valence-corrected chi connectivity index (χ2v) is 6.20. The Labute approximate surface area is 134 Å². The Kier molecular flexibility index (Phi) is 4.68. The van der Waals surface area contributed by atoms with E-state index in [4.69, 9.17) is 0 Å².